The maximum atomic E-state index is 12.7. The van der Waals surface area contributed by atoms with Crippen LogP contribution >= 0.6 is 0 Å². The van der Waals surface area contributed by atoms with E-state index in [9.17, 15) is 14.4 Å². The van der Waals surface area contributed by atoms with Crippen LogP contribution in [-0.4, -0.2) is 31.4 Å². The van der Waals surface area contributed by atoms with Crippen molar-refractivity contribution in [2.45, 2.75) is 6.92 Å². The van der Waals surface area contributed by atoms with E-state index in [1.54, 1.807) is 36.4 Å². The van der Waals surface area contributed by atoms with Crippen molar-refractivity contribution >= 4 is 29.2 Å². The number of nitrogens with zero attached hydrogens (tertiary/aromatic N) is 1. The summed E-state index contributed by atoms with van der Waals surface area (Å²) in [6, 6.07) is 11.4. The second-order valence-corrected chi connectivity index (χ2v) is 5.25. The third kappa shape index (κ3) is 2.42. The Balaban J connectivity index is 2.13. The van der Waals surface area contributed by atoms with Crippen molar-refractivity contribution in [2.24, 2.45) is 0 Å². The van der Waals surface area contributed by atoms with Crippen molar-refractivity contribution in [3.8, 4) is 0 Å². The Morgan fingerprint density at radius 2 is 1.71 bits per heavy atom. The molecule has 1 heterocycles. The van der Waals surface area contributed by atoms with Crippen LogP contribution in [0.5, 0.6) is 0 Å². The van der Waals surface area contributed by atoms with Gasteiger partial charge in [0.25, 0.3) is 11.8 Å². The standard InChI is InChI=1S/C18H16N2O4/c1-3-19-14-9-8-11(18(23)24-2)10-15(14)20-16(21)12-6-4-5-7-13(12)17(20)22/h4-10,19H,3H2,1-2H3. The number of rotatable bonds is 4. The average Bonchev–Trinajstić information content (AvgIpc) is 2.86. The van der Waals surface area contributed by atoms with Gasteiger partial charge >= 0.3 is 5.97 Å². The number of esters is 1. The molecule has 1 aliphatic rings. The van der Waals surface area contributed by atoms with Crippen molar-refractivity contribution in [2.75, 3.05) is 23.9 Å². The highest BCUT2D eigenvalue weighted by molar-refractivity contribution is 6.35. The van der Waals surface area contributed by atoms with Crippen LogP contribution in [0.4, 0.5) is 11.4 Å². The molecule has 0 atom stereocenters. The van der Waals surface area contributed by atoms with Gasteiger partial charge in [-0.15, -0.1) is 0 Å². The van der Waals surface area contributed by atoms with E-state index in [1.807, 2.05) is 6.92 Å². The summed E-state index contributed by atoms with van der Waals surface area (Å²) >= 11 is 0. The first-order chi connectivity index (χ1) is 11.6. The summed E-state index contributed by atoms with van der Waals surface area (Å²) < 4.78 is 4.72. The Kier molecular flexibility index (Phi) is 4.04. The summed E-state index contributed by atoms with van der Waals surface area (Å²) in [6.07, 6.45) is 0. The van der Waals surface area contributed by atoms with Gasteiger partial charge in [-0.25, -0.2) is 9.69 Å². The molecule has 0 aromatic heterocycles. The molecule has 2 aromatic rings. The van der Waals surface area contributed by atoms with Crippen molar-refractivity contribution in [1.82, 2.24) is 0 Å². The molecule has 1 aliphatic heterocycles. The van der Waals surface area contributed by atoms with E-state index in [0.717, 1.165) is 4.90 Å². The number of amides is 2. The molecule has 0 saturated heterocycles. The molecule has 0 saturated carbocycles. The molecule has 0 spiro atoms. The summed E-state index contributed by atoms with van der Waals surface area (Å²) in [5.41, 5.74) is 1.91. The van der Waals surface area contributed by atoms with Gasteiger partial charge in [0.2, 0.25) is 0 Å². The summed E-state index contributed by atoms with van der Waals surface area (Å²) in [5, 5.41) is 3.11. The van der Waals surface area contributed by atoms with Crippen molar-refractivity contribution in [1.29, 1.82) is 0 Å². The van der Waals surface area contributed by atoms with E-state index < -0.39 is 17.8 Å². The van der Waals surface area contributed by atoms with E-state index in [0.29, 0.717) is 29.0 Å². The maximum absolute atomic E-state index is 12.7. The summed E-state index contributed by atoms with van der Waals surface area (Å²) in [4.78, 5) is 38.2. The monoisotopic (exact) mass is 324 g/mol. The Labute approximate surface area is 139 Å². The number of anilines is 2. The zero-order valence-electron chi connectivity index (χ0n) is 13.3. The van der Waals surface area contributed by atoms with Crippen LogP contribution in [0.15, 0.2) is 42.5 Å². The van der Waals surface area contributed by atoms with E-state index in [4.69, 9.17) is 4.74 Å². The van der Waals surface area contributed by atoms with E-state index in [1.165, 1.54) is 13.2 Å². The third-order valence-corrected chi connectivity index (χ3v) is 3.82. The van der Waals surface area contributed by atoms with Gasteiger partial charge in [-0.3, -0.25) is 9.59 Å². The molecule has 122 valence electrons. The number of nitrogens with one attached hydrogen (secondary N) is 1. The fourth-order valence-corrected chi connectivity index (χ4v) is 2.71. The number of hydrogen-bond acceptors (Lipinski definition) is 5. The molecule has 0 aliphatic carbocycles. The SMILES string of the molecule is CCNc1ccc(C(=O)OC)cc1N1C(=O)c2ccccc2C1=O. The summed E-state index contributed by atoms with van der Waals surface area (Å²) in [6.45, 7) is 2.51. The normalized spacial score (nSPS) is 13.0. The second-order valence-electron chi connectivity index (χ2n) is 5.25. The van der Waals surface area contributed by atoms with Gasteiger partial charge in [0.1, 0.15) is 0 Å². The minimum absolute atomic E-state index is 0.269. The zero-order chi connectivity index (χ0) is 17.3. The highest BCUT2D eigenvalue weighted by Gasteiger charge is 2.37. The van der Waals surface area contributed by atoms with Gasteiger partial charge in [-0.1, -0.05) is 12.1 Å². The zero-order valence-corrected chi connectivity index (χ0v) is 13.3. The van der Waals surface area contributed by atoms with E-state index in [2.05, 4.69) is 5.32 Å². The van der Waals surface area contributed by atoms with Crippen LogP contribution in [-0.2, 0) is 4.74 Å². The lowest BCUT2D eigenvalue weighted by atomic mass is 10.1. The van der Waals surface area contributed by atoms with Crippen molar-refractivity contribution in [3.63, 3.8) is 0 Å². The second kappa shape index (κ2) is 6.16. The topological polar surface area (TPSA) is 75.7 Å². The Bertz CT molecular complexity index is 810. The number of methoxy groups -OCH3 is 1. The Morgan fingerprint density at radius 1 is 1.08 bits per heavy atom. The quantitative estimate of drug-likeness (QED) is 0.691. The Hall–Kier alpha value is -3.15. The molecule has 3 rings (SSSR count). The Morgan fingerprint density at radius 3 is 2.25 bits per heavy atom. The lowest BCUT2D eigenvalue weighted by Crippen LogP contribution is -2.30. The average molecular weight is 324 g/mol. The smallest absolute Gasteiger partial charge is 0.337 e. The van der Waals surface area contributed by atoms with Crippen LogP contribution in [0.2, 0.25) is 0 Å². The maximum Gasteiger partial charge on any atom is 0.337 e. The number of hydrogen-bond donors (Lipinski definition) is 1. The highest BCUT2D eigenvalue weighted by atomic mass is 16.5. The highest BCUT2D eigenvalue weighted by Crippen LogP contribution is 2.34. The molecule has 6 heteroatoms. The van der Waals surface area contributed by atoms with Crippen LogP contribution in [0.1, 0.15) is 38.0 Å². The minimum atomic E-state index is -0.532. The fraction of sp³-hybridized carbons (Fsp3) is 0.167. The molecular formula is C18H16N2O4. The molecule has 6 nitrogen and oxygen atoms in total. The van der Waals surface area contributed by atoms with Crippen LogP contribution in [0.25, 0.3) is 0 Å². The number of fused-ring (bicyclic) bond motifs is 1. The predicted octanol–water partition coefficient (Wildman–Crippen LogP) is 2.71. The number of benzene rings is 2. The minimum Gasteiger partial charge on any atom is -0.465 e. The molecule has 0 bridgehead atoms. The molecular weight excluding hydrogens is 308 g/mol. The van der Waals surface area contributed by atoms with Crippen LogP contribution in [0, 0.1) is 0 Å². The number of carbonyl (C=O) groups excluding carboxylic acids is 3. The molecule has 24 heavy (non-hydrogen) atoms. The van der Waals surface area contributed by atoms with Gasteiger partial charge in [-0.05, 0) is 37.3 Å². The first-order valence-electron chi connectivity index (χ1n) is 7.52. The molecule has 1 N–H and O–H groups in total. The molecule has 0 fully saturated rings. The predicted molar refractivity (Wildman–Crippen MR) is 89.5 cm³/mol. The van der Waals surface area contributed by atoms with Crippen LogP contribution < -0.4 is 10.2 Å². The van der Waals surface area contributed by atoms with Gasteiger partial charge in [0, 0.05) is 6.54 Å². The van der Waals surface area contributed by atoms with Gasteiger partial charge in [0.05, 0.1) is 35.2 Å². The number of ether oxygens (including phenoxy) is 1. The van der Waals surface area contributed by atoms with Crippen LogP contribution in [0.3, 0.4) is 0 Å². The van der Waals surface area contributed by atoms with Gasteiger partial charge in [-0.2, -0.15) is 0 Å². The van der Waals surface area contributed by atoms with E-state index in [-0.39, 0.29) is 5.56 Å². The third-order valence-electron chi connectivity index (χ3n) is 3.82. The lowest BCUT2D eigenvalue weighted by molar-refractivity contribution is 0.0600. The largest absolute Gasteiger partial charge is 0.465 e. The van der Waals surface area contributed by atoms with E-state index >= 15 is 0 Å². The molecule has 2 aromatic carbocycles. The van der Waals surface area contributed by atoms with Crippen molar-refractivity contribution in [3.05, 3.63) is 59.2 Å². The first kappa shape index (κ1) is 15.7. The number of carbonyl (C=O) groups is 3. The van der Waals surface area contributed by atoms with Gasteiger partial charge < -0.3 is 10.1 Å². The molecule has 0 unspecified atom stereocenters. The summed E-state index contributed by atoms with van der Waals surface area (Å²) in [7, 11) is 1.28. The fourth-order valence-electron chi connectivity index (χ4n) is 2.71. The number of imide groups is 1. The molecule has 0 radical (unpaired) electrons. The van der Waals surface area contributed by atoms with Gasteiger partial charge in [0.15, 0.2) is 0 Å². The summed E-state index contributed by atoms with van der Waals surface area (Å²) in [5.74, 6) is -1.34. The lowest BCUT2D eigenvalue weighted by Gasteiger charge is -2.19. The first-order valence-corrected chi connectivity index (χ1v) is 7.52. The van der Waals surface area contributed by atoms with Crippen molar-refractivity contribution < 1.29 is 19.1 Å². The molecule has 2 amide bonds.